The molecule has 110 valence electrons. The second-order valence-corrected chi connectivity index (χ2v) is 5.06. The minimum Gasteiger partial charge on any atom is -0.497 e. The number of hydrogen-bond acceptors (Lipinski definition) is 4. The van der Waals surface area contributed by atoms with Crippen molar-refractivity contribution in [3.8, 4) is 5.75 Å². The first-order chi connectivity index (χ1) is 9.81. The third-order valence-corrected chi connectivity index (χ3v) is 3.47. The van der Waals surface area contributed by atoms with E-state index in [-0.39, 0.29) is 12.5 Å². The summed E-state index contributed by atoms with van der Waals surface area (Å²) in [6, 6.07) is 8.00. The van der Waals surface area contributed by atoms with Gasteiger partial charge in [0.15, 0.2) is 0 Å². The minimum atomic E-state index is 0.193. The molecule has 1 saturated heterocycles. The van der Waals surface area contributed by atoms with E-state index in [0.29, 0.717) is 6.61 Å². The fourth-order valence-electron chi connectivity index (χ4n) is 2.28. The molecular weight excluding hydrogens is 254 g/mol. The highest BCUT2D eigenvalue weighted by Gasteiger charge is 2.16. The summed E-state index contributed by atoms with van der Waals surface area (Å²) in [6.45, 7) is 4.29. The Morgan fingerprint density at radius 3 is 2.90 bits per heavy atom. The van der Waals surface area contributed by atoms with E-state index >= 15 is 0 Å². The topological polar surface area (TPSA) is 41.9 Å². The minimum absolute atomic E-state index is 0.193. The molecule has 1 aromatic rings. The van der Waals surface area contributed by atoms with E-state index in [1.54, 1.807) is 7.11 Å². The van der Waals surface area contributed by atoms with Gasteiger partial charge in [-0.3, -0.25) is 4.90 Å². The normalized spacial score (nSPS) is 21.0. The van der Waals surface area contributed by atoms with Crippen LogP contribution >= 0.6 is 0 Å². The van der Waals surface area contributed by atoms with Crippen molar-refractivity contribution in [1.82, 2.24) is 4.90 Å². The second kappa shape index (κ2) is 8.04. The third-order valence-electron chi connectivity index (χ3n) is 3.47. The number of nitrogens with zero attached hydrogens (tertiary/aromatic N) is 1. The molecule has 1 heterocycles. The molecule has 1 aromatic carbocycles. The van der Waals surface area contributed by atoms with Crippen molar-refractivity contribution < 1.29 is 14.6 Å². The Morgan fingerprint density at radius 2 is 2.20 bits per heavy atom. The van der Waals surface area contributed by atoms with Crippen molar-refractivity contribution in [1.29, 1.82) is 0 Å². The van der Waals surface area contributed by atoms with Crippen LogP contribution in [0.2, 0.25) is 0 Å². The van der Waals surface area contributed by atoms with Gasteiger partial charge in [-0.1, -0.05) is 24.3 Å². The molecular formula is C16H23NO3. The van der Waals surface area contributed by atoms with Gasteiger partial charge in [-0.2, -0.15) is 0 Å². The maximum absolute atomic E-state index is 9.25. The molecule has 1 N–H and O–H groups in total. The Bertz CT molecular complexity index is 416. The zero-order valence-corrected chi connectivity index (χ0v) is 12.0. The zero-order valence-electron chi connectivity index (χ0n) is 12.0. The SMILES string of the molecule is COc1ccc(/C=C/CN2CCOCC(CO)C2)cc1. The van der Waals surface area contributed by atoms with Crippen LogP contribution < -0.4 is 4.74 Å². The molecule has 0 radical (unpaired) electrons. The largest absolute Gasteiger partial charge is 0.497 e. The summed E-state index contributed by atoms with van der Waals surface area (Å²) < 4.78 is 10.6. The molecule has 1 aliphatic heterocycles. The highest BCUT2D eigenvalue weighted by atomic mass is 16.5. The maximum Gasteiger partial charge on any atom is 0.118 e. The van der Waals surface area contributed by atoms with Crippen LogP contribution in [0.3, 0.4) is 0 Å². The van der Waals surface area contributed by atoms with Crippen molar-refractivity contribution in [3.63, 3.8) is 0 Å². The van der Waals surface area contributed by atoms with Gasteiger partial charge >= 0.3 is 0 Å². The first-order valence-electron chi connectivity index (χ1n) is 7.03. The molecule has 0 saturated carbocycles. The van der Waals surface area contributed by atoms with Crippen LogP contribution in [-0.4, -0.2) is 56.6 Å². The number of aliphatic hydroxyl groups is 1. The lowest BCUT2D eigenvalue weighted by atomic mass is 10.1. The summed E-state index contributed by atoms with van der Waals surface area (Å²) in [7, 11) is 1.67. The van der Waals surface area contributed by atoms with E-state index in [0.717, 1.165) is 37.6 Å². The fraction of sp³-hybridized carbons (Fsp3) is 0.500. The average molecular weight is 277 g/mol. The third kappa shape index (κ3) is 4.63. The molecule has 0 aromatic heterocycles. The lowest BCUT2D eigenvalue weighted by molar-refractivity contribution is 0.0958. The van der Waals surface area contributed by atoms with Crippen LogP contribution in [0.15, 0.2) is 30.3 Å². The number of hydrogen-bond donors (Lipinski definition) is 1. The highest BCUT2D eigenvalue weighted by molar-refractivity contribution is 5.50. The molecule has 4 heteroatoms. The van der Waals surface area contributed by atoms with E-state index in [9.17, 15) is 5.11 Å². The van der Waals surface area contributed by atoms with Gasteiger partial charge in [-0.05, 0) is 17.7 Å². The van der Waals surface area contributed by atoms with Gasteiger partial charge in [-0.25, -0.2) is 0 Å². The number of ether oxygens (including phenoxy) is 2. The lowest BCUT2D eigenvalue weighted by Crippen LogP contribution is -2.31. The number of benzene rings is 1. The van der Waals surface area contributed by atoms with Gasteiger partial charge in [0.05, 0.1) is 20.3 Å². The summed E-state index contributed by atoms with van der Waals surface area (Å²) in [5.41, 5.74) is 1.16. The van der Waals surface area contributed by atoms with Gasteiger partial charge in [-0.15, -0.1) is 0 Å². The van der Waals surface area contributed by atoms with Crippen LogP contribution in [0.1, 0.15) is 5.56 Å². The van der Waals surface area contributed by atoms with E-state index in [1.165, 1.54) is 0 Å². The summed E-state index contributed by atoms with van der Waals surface area (Å²) in [5, 5.41) is 9.25. The van der Waals surface area contributed by atoms with Crippen LogP contribution in [0, 0.1) is 5.92 Å². The molecule has 1 unspecified atom stereocenters. The van der Waals surface area contributed by atoms with E-state index in [4.69, 9.17) is 9.47 Å². The predicted molar refractivity (Wildman–Crippen MR) is 79.9 cm³/mol. The Labute approximate surface area is 120 Å². The molecule has 1 atom stereocenters. The Morgan fingerprint density at radius 1 is 1.40 bits per heavy atom. The summed E-state index contributed by atoms with van der Waals surface area (Å²) >= 11 is 0. The van der Waals surface area contributed by atoms with Crippen LogP contribution in [-0.2, 0) is 4.74 Å². The molecule has 0 spiro atoms. The number of methoxy groups -OCH3 is 1. The molecule has 0 aliphatic carbocycles. The van der Waals surface area contributed by atoms with Crippen molar-refractivity contribution >= 4 is 6.08 Å². The molecule has 2 rings (SSSR count). The zero-order chi connectivity index (χ0) is 14.2. The first-order valence-corrected chi connectivity index (χ1v) is 7.03. The van der Waals surface area contributed by atoms with E-state index in [1.807, 2.05) is 24.3 Å². The average Bonchev–Trinajstić information content (AvgIpc) is 2.73. The molecule has 0 amide bonds. The molecule has 0 bridgehead atoms. The van der Waals surface area contributed by atoms with Gasteiger partial charge in [0.2, 0.25) is 0 Å². The monoisotopic (exact) mass is 277 g/mol. The number of aliphatic hydroxyl groups excluding tert-OH is 1. The van der Waals surface area contributed by atoms with Crippen LogP contribution in [0.4, 0.5) is 0 Å². The van der Waals surface area contributed by atoms with Crippen molar-refractivity contribution in [2.24, 2.45) is 5.92 Å². The molecule has 1 aliphatic rings. The maximum atomic E-state index is 9.25. The fourth-order valence-corrected chi connectivity index (χ4v) is 2.28. The quantitative estimate of drug-likeness (QED) is 0.888. The molecule has 1 fully saturated rings. The van der Waals surface area contributed by atoms with Crippen LogP contribution in [0.5, 0.6) is 5.75 Å². The van der Waals surface area contributed by atoms with Gasteiger partial charge < -0.3 is 14.6 Å². The molecule has 20 heavy (non-hydrogen) atoms. The van der Waals surface area contributed by atoms with Crippen molar-refractivity contribution in [2.75, 3.05) is 46.6 Å². The Kier molecular flexibility index (Phi) is 6.05. The predicted octanol–water partition coefficient (Wildman–Crippen LogP) is 1.65. The Balaban J connectivity index is 1.84. The highest BCUT2D eigenvalue weighted by Crippen LogP contribution is 2.12. The summed E-state index contributed by atoms with van der Waals surface area (Å²) in [5.74, 6) is 1.10. The standard InChI is InChI=1S/C16H23NO3/c1-19-16-6-4-14(5-7-16)3-2-8-17-9-10-20-13-15(11-17)12-18/h2-7,15,18H,8-13H2,1H3/b3-2+. The Hall–Kier alpha value is -1.36. The number of rotatable bonds is 5. The smallest absolute Gasteiger partial charge is 0.118 e. The molecule has 4 nitrogen and oxygen atoms in total. The van der Waals surface area contributed by atoms with Crippen LogP contribution in [0.25, 0.3) is 6.08 Å². The van der Waals surface area contributed by atoms with Gasteiger partial charge in [0.25, 0.3) is 0 Å². The van der Waals surface area contributed by atoms with E-state index in [2.05, 4.69) is 17.1 Å². The van der Waals surface area contributed by atoms with Gasteiger partial charge in [0.1, 0.15) is 5.75 Å². The summed E-state index contributed by atoms with van der Waals surface area (Å²) in [4.78, 5) is 2.31. The lowest BCUT2D eigenvalue weighted by Gasteiger charge is -2.20. The first kappa shape index (κ1) is 15.0. The van der Waals surface area contributed by atoms with E-state index < -0.39 is 0 Å². The summed E-state index contributed by atoms with van der Waals surface area (Å²) in [6.07, 6.45) is 4.26. The van der Waals surface area contributed by atoms with Crippen molar-refractivity contribution in [3.05, 3.63) is 35.9 Å². The van der Waals surface area contributed by atoms with Crippen molar-refractivity contribution in [2.45, 2.75) is 0 Å². The second-order valence-electron chi connectivity index (χ2n) is 5.06. The van der Waals surface area contributed by atoms with Gasteiger partial charge in [0, 0.05) is 32.2 Å².